The summed E-state index contributed by atoms with van der Waals surface area (Å²) in [6, 6.07) is 1.02. The molecule has 1 aliphatic rings. The second kappa shape index (κ2) is 4.77. The van der Waals surface area contributed by atoms with E-state index in [-0.39, 0.29) is 17.6 Å². The lowest BCUT2D eigenvalue weighted by Gasteiger charge is -2.34. The van der Waals surface area contributed by atoms with Crippen LogP contribution in [0, 0.1) is 5.92 Å². The number of aromatic nitrogens is 2. The van der Waals surface area contributed by atoms with Crippen LogP contribution in [0.2, 0.25) is 0 Å². The van der Waals surface area contributed by atoms with Crippen LogP contribution in [0.5, 0.6) is 0 Å². The molecule has 0 spiro atoms. The summed E-state index contributed by atoms with van der Waals surface area (Å²) in [4.78, 5) is 40.3. The van der Waals surface area contributed by atoms with Crippen molar-refractivity contribution in [1.29, 1.82) is 0 Å². The highest BCUT2D eigenvalue weighted by molar-refractivity contribution is 5.92. The molecule has 2 rings (SSSR count). The summed E-state index contributed by atoms with van der Waals surface area (Å²) in [5.74, 6) is 0.00725. The molecule has 0 saturated carbocycles. The van der Waals surface area contributed by atoms with Gasteiger partial charge in [-0.25, -0.2) is 4.79 Å². The van der Waals surface area contributed by atoms with Gasteiger partial charge in [-0.2, -0.15) is 0 Å². The quantitative estimate of drug-likeness (QED) is 0.587. The second-order valence-electron chi connectivity index (χ2n) is 4.68. The van der Waals surface area contributed by atoms with Crippen LogP contribution in [-0.2, 0) is 0 Å². The number of aromatic amines is 2. The highest BCUT2D eigenvalue weighted by Gasteiger charge is 2.27. The van der Waals surface area contributed by atoms with Crippen molar-refractivity contribution in [2.75, 3.05) is 13.1 Å². The lowest BCUT2D eigenvalue weighted by molar-refractivity contribution is 0.0665. The van der Waals surface area contributed by atoms with Gasteiger partial charge in [-0.05, 0) is 12.3 Å². The first-order valence-corrected chi connectivity index (χ1v) is 5.86. The molecule has 2 unspecified atom stereocenters. The van der Waals surface area contributed by atoms with Gasteiger partial charge in [0.2, 0.25) is 0 Å². The SMILES string of the molecule is CC1CCN(C(=O)c2cc(=O)[nH]c(=O)[nH]2)CC1N. The van der Waals surface area contributed by atoms with Gasteiger partial charge in [0, 0.05) is 25.2 Å². The third-order valence-corrected chi connectivity index (χ3v) is 3.29. The standard InChI is InChI=1S/C11H16N4O3/c1-6-2-3-15(5-7(6)12)10(17)8-4-9(16)14-11(18)13-8/h4,6-7H,2-3,5,12H2,1H3,(H2,13,14,16,18). The molecule has 2 atom stereocenters. The Morgan fingerprint density at radius 1 is 1.44 bits per heavy atom. The summed E-state index contributed by atoms with van der Waals surface area (Å²) >= 11 is 0. The van der Waals surface area contributed by atoms with Crippen LogP contribution in [0.4, 0.5) is 0 Å². The molecular weight excluding hydrogens is 236 g/mol. The van der Waals surface area contributed by atoms with E-state index in [9.17, 15) is 14.4 Å². The summed E-state index contributed by atoms with van der Waals surface area (Å²) in [7, 11) is 0. The van der Waals surface area contributed by atoms with Crippen molar-refractivity contribution in [3.05, 3.63) is 32.6 Å². The summed E-state index contributed by atoms with van der Waals surface area (Å²) < 4.78 is 0. The van der Waals surface area contributed by atoms with Crippen molar-refractivity contribution in [3.8, 4) is 0 Å². The summed E-state index contributed by atoms with van der Waals surface area (Å²) in [6.07, 6.45) is 0.820. The molecule has 7 nitrogen and oxygen atoms in total. The van der Waals surface area contributed by atoms with Gasteiger partial charge in [0.25, 0.3) is 11.5 Å². The Hall–Kier alpha value is -1.89. The van der Waals surface area contributed by atoms with Crippen LogP contribution < -0.4 is 17.0 Å². The zero-order valence-corrected chi connectivity index (χ0v) is 10.1. The molecule has 1 aliphatic heterocycles. The van der Waals surface area contributed by atoms with Crippen LogP contribution in [0.15, 0.2) is 15.7 Å². The Morgan fingerprint density at radius 2 is 2.17 bits per heavy atom. The van der Waals surface area contributed by atoms with E-state index < -0.39 is 11.2 Å². The van der Waals surface area contributed by atoms with E-state index in [0.717, 1.165) is 12.5 Å². The molecule has 1 amide bonds. The van der Waals surface area contributed by atoms with E-state index in [0.29, 0.717) is 19.0 Å². The predicted molar refractivity (Wildman–Crippen MR) is 65.3 cm³/mol. The number of amides is 1. The van der Waals surface area contributed by atoms with Crippen molar-refractivity contribution in [2.24, 2.45) is 11.7 Å². The minimum absolute atomic E-state index is 0.00510. The smallest absolute Gasteiger partial charge is 0.326 e. The van der Waals surface area contributed by atoms with E-state index in [1.807, 2.05) is 11.9 Å². The van der Waals surface area contributed by atoms with Crippen molar-refractivity contribution in [2.45, 2.75) is 19.4 Å². The Labute approximate surface area is 103 Å². The maximum Gasteiger partial charge on any atom is 0.326 e. The van der Waals surface area contributed by atoms with Crippen LogP contribution in [-0.4, -0.2) is 39.9 Å². The maximum absolute atomic E-state index is 12.1. The molecule has 4 N–H and O–H groups in total. The predicted octanol–water partition coefficient (Wildman–Crippen LogP) is -1.13. The summed E-state index contributed by atoms with van der Waals surface area (Å²) in [5, 5.41) is 0. The topological polar surface area (TPSA) is 112 Å². The molecule has 18 heavy (non-hydrogen) atoms. The van der Waals surface area contributed by atoms with Gasteiger partial charge in [0.05, 0.1) is 0 Å². The van der Waals surface area contributed by atoms with Gasteiger partial charge in [-0.1, -0.05) is 6.92 Å². The molecule has 1 saturated heterocycles. The Bertz CT molecular complexity index is 534. The third-order valence-electron chi connectivity index (χ3n) is 3.29. The van der Waals surface area contributed by atoms with Crippen LogP contribution >= 0.6 is 0 Å². The monoisotopic (exact) mass is 252 g/mol. The minimum Gasteiger partial charge on any atom is -0.336 e. The molecule has 98 valence electrons. The first kappa shape index (κ1) is 12.6. The van der Waals surface area contributed by atoms with Crippen LogP contribution in [0.25, 0.3) is 0 Å². The van der Waals surface area contributed by atoms with Crippen LogP contribution in [0.1, 0.15) is 23.8 Å². The zero-order valence-electron chi connectivity index (χ0n) is 10.1. The molecule has 1 fully saturated rings. The Morgan fingerprint density at radius 3 is 2.78 bits per heavy atom. The van der Waals surface area contributed by atoms with Crippen molar-refractivity contribution in [1.82, 2.24) is 14.9 Å². The third kappa shape index (κ3) is 2.51. The van der Waals surface area contributed by atoms with Crippen LogP contribution in [0.3, 0.4) is 0 Å². The molecular formula is C11H16N4O3. The fourth-order valence-corrected chi connectivity index (χ4v) is 2.04. The summed E-state index contributed by atoms with van der Waals surface area (Å²) in [6.45, 7) is 3.07. The first-order valence-electron chi connectivity index (χ1n) is 5.86. The number of piperidine rings is 1. The zero-order chi connectivity index (χ0) is 13.3. The molecule has 0 radical (unpaired) electrons. The molecule has 0 aromatic carbocycles. The fourth-order valence-electron chi connectivity index (χ4n) is 2.04. The molecule has 2 heterocycles. The highest BCUT2D eigenvalue weighted by Crippen LogP contribution is 2.16. The second-order valence-corrected chi connectivity index (χ2v) is 4.68. The van der Waals surface area contributed by atoms with Gasteiger partial charge in [0.15, 0.2) is 0 Å². The number of nitrogens with two attached hydrogens (primary N) is 1. The summed E-state index contributed by atoms with van der Waals surface area (Å²) in [5.41, 5.74) is 4.65. The minimum atomic E-state index is -0.680. The van der Waals surface area contributed by atoms with Gasteiger partial charge in [-0.3, -0.25) is 14.6 Å². The normalized spacial score (nSPS) is 24.0. The average Bonchev–Trinajstić information content (AvgIpc) is 2.30. The number of carbonyl (C=O) groups is 1. The largest absolute Gasteiger partial charge is 0.336 e. The number of H-pyrrole nitrogens is 2. The highest BCUT2D eigenvalue weighted by atomic mass is 16.2. The first-order chi connectivity index (χ1) is 8.47. The number of likely N-dealkylation sites (tertiary alicyclic amines) is 1. The number of nitrogens with one attached hydrogen (secondary N) is 2. The lowest BCUT2D eigenvalue weighted by atomic mass is 9.94. The number of hydrogen-bond acceptors (Lipinski definition) is 4. The van der Waals surface area contributed by atoms with Crippen molar-refractivity contribution in [3.63, 3.8) is 0 Å². The van der Waals surface area contributed by atoms with Crippen molar-refractivity contribution >= 4 is 5.91 Å². The average molecular weight is 252 g/mol. The molecule has 7 heteroatoms. The van der Waals surface area contributed by atoms with Gasteiger partial charge < -0.3 is 15.6 Å². The molecule has 0 aliphatic carbocycles. The van der Waals surface area contributed by atoms with Gasteiger partial charge >= 0.3 is 5.69 Å². The number of hydrogen-bond donors (Lipinski definition) is 3. The molecule has 0 bridgehead atoms. The Balaban J connectivity index is 2.21. The van der Waals surface area contributed by atoms with E-state index >= 15 is 0 Å². The van der Waals surface area contributed by atoms with E-state index in [1.54, 1.807) is 4.90 Å². The lowest BCUT2D eigenvalue weighted by Crippen LogP contribution is -2.50. The van der Waals surface area contributed by atoms with E-state index in [4.69, 9.17) is 5.73 Å². The van der Waals surface area contributed by atoms with Crippen molar-refractivity contribution < 1.29 is 4.79 Å². The molecule has 1 aromatic rings. The number of carbonyl (C=O) groups excluding carboxylic acids is 1. The van der Waals surface area contributed by atoms with Gasteiger partial charge in [-0.15, -0.1) is 0 Å². The number of rotatable bonds is 1. The Kier molecular flexibility index (Phi) is 3.33. The fraction of sp³-hybridized carbons (Fsp3) is 0.545. The van der Waals surface area contributed by atoms with E-state index in [1.165, 1.54) is 0 Å². The van der Waals surface area contributed by atoms with E-state index in [2.05, 4.69) is 4.98 Å². The van der Waals surface area contributed by atoms with Gasteiger partial charge in [0.1, 0.15) is 5.69 Å². The molecule has 1 aromatic heterocycles. The number of nitrogens with zero attached hydrogens (tertiary/aromatic N) is 1. The maximum atomic E-state index is 12.1.